The molecule has 160 valence electrons. The molecule has 0 bridgehead atoms. The van der Waals surface area contributed by atoms with Crippen molar-refractivity contribution in [3.63, 3.8) is 0 Å². The number of benzene rings is 2. The van der Waals surface area contributed by atoms with Gasteiger partial charge in [-0.25, -0.2) is 14.4 Å². The molecule has 7 nitrogen and oxygen atoms in total. The van der Waals surface area contributed by atoms with Crippen molar-refractivity contribution < 1.29 is 18.7 Å². The molecule has 0 aliphatic rings. The quantitative estimate of drug-likeness (QED) is 0.407. The number of hydrogen-bond acceptors (Lipinski definition) is 6. The van der Waals surface area contributed by atoms with Gasteiger partial charge in [0.2, 0.25) is 0 Å². The summed E-state index contributed by atoms with van der Waals surface area (Å²) in [6.45, 7) is 1.09. The minimum absolute atomic E-state index is 0.265. The van der Waals surface area contributed by atoms with Gasteiger partial charge in [-0.05, 0) is 36.8 Å². The standard InChI is InChI=1S/C22H21FN4O3S/c1-29-17-7-8-18(30-2)20-19(17)25-22(31-20)27(11-4-10-26-12-9-24-14-26)21(28)15-5-3-6-16(23)13-15/h3,5-9,12-14H,4,10-11H2,1-2H3. The fraction of sp³-hybridized carbons (Fsp3) is 0.227. The number of amides is 1. The Hall–Kier alpha value is -3.46. The van der Waals surface area contributed by atoms with Gasteiger partial charge in [0.15, 0.2) is 5.13 Å². The Morgan fingerprint density at radius 1 is 1.19 bits per heavy atom. The van der Waals surface area contributed by atoms with E-state index in [9.17, 15) is 9.18 Å². The minimum atomic E-state index is -0.461. The van der Waals surface area contributed by atoms with Gasteiger partial charge >= 0.3 is 0 Å². The monoisotopic (exact) mass is 440 g/mol. The Balaban J connectivity index is 1.71. The van der Waals surface area contributed by atoms with Crippen LogP contribution in [0.15, 0.2) is 55.1 Å². The number of carbonyl (C=O) groups is 1. The molecule has 0 atom stereocenters. The van der Waals surface area contributed by atoms with E-state index in [1.54, 1.807) is 49.8 Å². The molecule has 4 aromatic rings. The van der Waals surface area contributed by atoms with Crippen LogP contribution in [-0.4, -0.2) is 41.2 Å². The molecule has 0 spiro atoms. The number of nitrogens with zero attached hydrogens (tertiary/aromatic N) is 4. The van der Waals surface area contributed by atoms with Crippen LogP contribution >= 0.6 is 11.3 Å². The minimum Gasteiger partial charge on any atom is -0.495 e. The lowest BCUT2D eigenvalue weighted by atomic mass is 10.2. The van der Waals surface area contributed by atoms with Crippen LogP contribution in [0.2, 0.25) is 0 Å². The average Bonchev–Trinajstić information content (AvgIpc) is 3.45. The van der Waals surface area contributed by atoms with Crippen LogP contribution in [0.4, 0.5) is 9.52 Å². The summed E-state index contributed by atoms with van der Waals surface area (Å²) in [5.41, 5.74) is 0.884. The van der Waals surface area contributed by atoms with Gasteiger partial charge in [-0.3, -0.25) is 9.69 Å². The van der Waals surface area contributed by atoms with E-state index < -0.39 is 5.82 Å². The number of aryl methyl sites for hydroxylation is 1. The number of halogens is 1. The SMILES string of the molecule is COc1ccc(OC)c2sc(N(CCCn3ccnc3)C(=O)c3cccc(F)c3)nc12. The first kappa shape index (κ1) is 20.8. The third kappa shape index (κ3) is 4.36. The van der Waals surface area contributed by atoms with Crippen LogP contribution in [0, 0.1) is 5.82 Å². The zero-order valence-electron chi connectivity index (χ0n) is 17.1. The summed E-state index contributed by atoms with van der Waals surface area (Å²) in [4.78, 5) is 23.6. The van der Waals surface area contributed by atoms with Crippen molar-refractivity contribution in [1.82, 2.24) is 14.5 Å². The Morgan fingerprint density at radius 2 is 2.00 bits per heavy atom. The molecule has 2 heterocycles. The number of methoxy groups -OCH3 is 2. The molecule has 2 aromatic heterocycles. The van der Waals surface area contributed by atoms with Gasteiger partial charge in [0.05, 0.1) is 20.5 Å². The first-order valence-corrected chi connectivity index (χ1v) is 10.5. The second-order valence-electron chi connectivity index (χ2n) is 6.77. The normalized spacial score (nSPS) is 10.9. The summed E-state index contributed by atoms with van der Waals surface area (Å²) in [6.07, 6.45) is 5.97. The second kappa shape index (κ2) is 9.13. The van der Waals surface area contributed by atoms with E-state index in [0.29, 0.717) is 41.7 Å². The highest BCUT2D eigenvalue weighted by molar-refractivity contribution is 7.22. The van der Waals surface area contributed by atoms with Crippen molar-refractivity contribution in [3.05, 3.63) is 66.5 Å². The molecule has 0 fully saturated rings. The summed E-state index contributed by atoms with van der Waals surface area (Å²) in [5, 5.41) is 0.498. The molecule has 0 saturated carbocycles. The van der Waals surface area contributed by atoms with Gasteiger partial charge < -0.3 is 14.0 Å². The molecule has 0 radical (unpaired) electrons. The molecular formula is C22H21FN4O3S. The Morgan fingerprint density at radius 3 is 2.71 bits per heavy atom. The molecular weight excluding hydrogens is 419 g/mol. The van der Waals surface area contributed by atoms with Crippen LogP contribution in [0.3, 0.4) is 0 Å². The average molecular weight is 441 g/mol. The summed E-state index contributed by atoms with van der Waals surface area (Å²) >= 11 is 1.34. The van der Waals surface area contributed by atoms with E-state index >= 15 is 0 Å². The summed E-state index contributed by atoms with van der Waals surface area (Å²) in [7, 11) is 3.16. The lowest BCUT2D eigenvalue weighted by Crippen LogP contribution is -2.32. The predicted molar refractivity (Wildman–Crippen MR) is 118 cm³/mol. The molecule has 0 aliphatic heterocycles. The molecule has 0 unspecified atom stereocenters. The van der Waals surface area contributed by atoms with E-state index in [1.165, 1.54) is 29.5 Å². The van der Waals surface area contributed by atoms with Crippen LogP contribution in [0.25, 0.3) is 10.2 Å². The first-order chi connectivity index (χ1) is 15.1. The maximum atomic E-state index is 13.8. The summed E-state index contributed by atoms with van der Waals surface area (Å²) in [6, 6.07) is 9.26. The zero-order valence-corrected chi connectivity index (χ0v) is 17.9. The molecule has 1 amide bonds. The lowest BCUT2D eigenvalue weighted by Gasteiger charge is -2.20. The molecule has 0 saturated heterocycles. The van der Waals surface area contributed by atoms with Crippen LogP contribution in [0.5, 0.6) is 11.5 Å². The molecule has 31 heavy (non-hydrogen) atoms. The van der Waals surface area contributed by atoms with Crippen molar-refractivity contribution >= 4 is 32.6 Å². The number of thiazole rings is 1. The van der Waals surface area contributed by atoms with Gasteiger partial charge in [-0.2, -0.15) is 0 Å². The predicted octanol–water partition coefficient (Wildman–Crippen LogP) is 4.39. The zero-order chi connectivity index (χ0) is 21.8. The van der Waals surface area contributed by atoms with Gasteiger partial charge in [0.1, 0.15) is 27.5 Å². The van der Waals surface area contributed by atoms with E-state index in [2.05, 4.69) is 9.97 Å². The maximum Gasteiger partial charge on any atom is 0.260 e. The maximum absolute atomic E-state index is 13.8. The lowest BCUT2D eigenvalue weighted by molar-refractivity contribution is 0.0986. The van der Waals surface area contributed by atoms with Crippen LogP contribution in [-0.2, 0) is 6.54 Å². The van der Waals surface area contributed by atoms with Gasteiger partial charge in [0, 0.05) is 31.0 Å². The highest BCUT2D eigenvalue weighted by atomic mass is 32.1. The number of aromatic nitrogens is 3. The number of hydrogen-bond donors (Lipinski definition) is 0. The van der Waals surface area contributed by atoms with E-state index in [-0.39, 0.29) is 11.5 Å². The van der Waals surface area contributed by atoms with Crippen molar-refractivity contribution in [1.29, 1.82) is 0 Å². The molecule has 2 aromatic carbocycles. The Kier molecular flexibility index (Phi) is 6.13. The number of carbonyl (C=O) groups excluding carboxylic acids is 1. The van der Waals surface area contributed by atoms with Crippen molar-refractivity contribution in [3.8, 4) is 11.5 Å². The largest absolute Gasteiger partial charge is 0.495 e. The third-order valence-corrected chi connectivity index (χ3v) is 5.90. The summed E-state index contributed by atoms with van der Waals surface area (Å²) < 4.78 is 27.4. The van der Waals surface area contributed by atoms with E-state index in [0.717, 1.165) is 4.70 Å². The van der Waals surface area contributed by atoms with Gasteiger partial charge in [-0.15, -0.1) is 0 Å². The fourth-order valence-corrected chi connectivity index (χ4v) is 4.38. The molecule has 0 aliphatic carbocycles. The van der Waals surface area contributed by atoms with Crippen molar-refractivity contribution in [2.45, 2.75) is 13.0 Å². The number of ether oxygens (including phenoxy) is 2. The number of imidazole rings is 1. The molecule has 4 rings (SSSR count). The smallest absolute Gasteiger partial charge is 0.260 e. The Bertz CT molecular complexity index is 1150. The third-order valence-electron chi connectivity index (χ3n) is 4.80. The van der Waals surface area contributed by atoms with E-state index in [1.807, 2.05) is 10.8 Å². The number of fused-ring (bicyclic) bond motifs is 1. The highest BCUT2D eigenvalue weighted by Crippen LogP contribution is 2.40. The number of rotatable bonds is 8. The van der Waals surface area contributed by atoms with Crippen LogP contribution < -0.4 is 14.4 Å². The first-order valence-electron chi connectivity index (χ1n) is 9.65. The summed E-state index contributed by atoms with van der Waals surface area (Å²) in [5.74, 6) is 0.463. The Labute approximate surface area is 182 Å². The molecule has 0 N–H and O–H groups in total. The topological polar surface area (TPSA) is 69.5 Å². The second-order valence-corrected chi connectivity index (χ2v) is 7.74. The van der Waals surface area contributed by atoms with Gasteiger partial charge in [0.25, 0.3) is 5.91 Å². The van der Waals surface area contributed by atoms with Crippen molar-refractivity contribution in [2.75, 3.05) is 25.7 Å². The van der Waals surface area contributed by atoms with Gasteiger partial charge in [-0.1, -0.05) is 17.4 Å². The molecule has 9 heteroatoms. The number of anilines is 1. The fourth-order valence-electron chi connectivity index (χ4n) is 3.28. The van der Waals surface area contributed by atoms with Crippen molar-refractivity contribution in [2.24, 2.45) is 0 Å². The highest BCUT2D eigenvalue weighted by Gasteiger charge is 2.23. The van der Waals surface area contributed by atoms with E-state index in [4.69, 9.17) is 9.47 Å². The van der Waals surface area contributed by atoms with Crippen LogP contribution in [0.1, 0.15) is 16.8 Å².